The van der Waals surface area contributed by atoms with Gasteiger partial charge < -0.3 is 15.4 Å². The Bertz CT molecular complexity index is 1110. The van der Waals surface area contributed by atoms with Crippen molar-refractivity contribution in [2.24, 2.45) is 0 Å². The average molecular weight is 407 g/mol. The molecular weight excluding hydrogens is 388 g/mol. The van der Waals surface area contributed by atoms with Crippen molar-refractivity contribution in [2.45, 2.75) is 6.92 Å². The molecule has 0 radical (unpaired) electrons. The standard InChI is InChI=1S/C21H19ClN6O/c1-14-13-23-21(26-15-4-7-17(8-5-15)28-11-3-10-24-28)27-20(14)25-16-6-9-18(22)19(12-16)29-2/h3-13H,1-2H3,(H2,23,25,26,27). The number of rotatable bonds is 6. The van der Waals surface area contributed by atoms with E-state index in [1.54, 1.807) is 30.3 Å². The first-order valence-electron chi connectivity index (χ1n) is 8.94. The zero-order valence-corrected chi connectivity index (χ0v) is 16.7. The Morgan fingerprint density at radius 2 is 1.83 bits per heavy atom. The monoisotopic (exact) mass is 406 g/mol. The van der Waals surface area contributed by atoms with Crippen molar-refractivity contribution in [1.82, 2.24) is 19.7 Å². The maximum absolute atomic E-state index is 6.10. The molecule has 2 aromatic carbocycles. The van der Waals surface area contributed by atoms with Crippen LogP contribution >= 0.6 is 11.6 Å². The van der Waals surface area contributed by atoms with Gasteiger partial charge >= 0.3 is 0 Å². The summed E-state index contributed by atoms with van der Waals surface area (Å²) in [6, 6.07) is 15.2. The Labute approximate surface area is 173 Å². The molecule has 0 aliphatic heterocycles. The van der Waals surface area contributed by atoms with Crippen molar-refractivity contribution < 1.29 is 4.74 Å². The molecule has 0 amide bonds. The van der Waals surface area contributed by atoms with Gasteiger partial charge in [0.25, 0.3) is 0 Å². The summed E-state index contributed by atoms with van der Waals surface area (Å²) in [6.45, 7) is 1.94. The number of methoxy groups -OCH3 is 1. The average Bonchev–Trinajstić information content (AvgIpc) is 3.27. The van der Waals surface area contributed by atoms with E-state index in [4.69, 9.17) is 16.3 Å². The van der Waals surface area contributed by atoms with Crippen LogP contribution in [0.4, 0.5) is 23.1 Å². The Balaban J connectivity index is 1.52. The molecule has 29 heavy (non-hydrogen) atoms. The van der Waals surface area contributed by atoms with E-state index in [2.05, 4.69) is 25.7 Å². The number of aromatic nitrogens is 4. The summed E-state index contributed by atoms with van der Waals surface area (Å²) >= 11 is 6.10. The van der Waals surface area contributed by atoms with E-state index in [1.165, 1.54) is 0 Å². The third-order valence-electron chi connectivity index (χ3n) is 4.28. The third kappa shape index (κ3) is 4.30. The molecular formula is C21H19ClN6O. The molecule has 7 nitrogen and oxygen atoms in total. The minimum Gasteiger partial charge on any atom is -0.495 e. The van der Waals surface area contributed by atoms with Gasteiger partial charge in [0.15, 0.2) is 0 Å². The summed E-state index contributed by atoms with van der Waals surface area (Å²) in [5, 5.41) is 11.3. The molecule has 0 atom stereocenters. The van der Waals surface area contributed by atoms with Gasteiger partial charge in [-0.05, 0) is 49.4 Å². The van der Waals surface area contributed by atoms with Crippen LogP contribution in [0.3, 0.4) is 0 Å². The molecule has 4 aromatic rings. The molecule has 0 aliphatic carbocycles. The van der Waals surface area contributed by atoms with Gasteiger partial charge in [0.1, 0.15) is 11.6 Å². The summed E-state index contributed by atoms with van der Waals surface area (Å²) in [5.74, 6) is 1.78. The molecule has 4 rings (SSSR count). The molecule has 0 unspecified atom stereocenters. The van der Waals surface area contributed by atoms with Crippen LogP contribution in [0.15, 0.2) is 67.1 Å². The molecule has 0 aliphatic rings. The number of aryl methyl sites for hydroxylation is 1. The summed E-state index contributed by atoms with van der Waals surface area (Å²) in [5.41, 5.74) is 3.59. The van der Waals surface area contributed by atoms with Crippen LogP contribution in [0, 0.1) is 6.92 Å². The summed E-state index contributed by atoms with van der Waals surface area (Å²) in [6.07, 6.45) is 5.41. The van der Waals surface area contributed by atoms with Gasteiger partial charge in [-0.15, -0.1) is 0 Å². The largest absolute Gasteiger partial charge is 0.495 e. The number of halogens is 1. The predicted octanol–water partition coefficient (Wildman–Crippen LogP) is 5.12. The van der Waals surface area contributed by atoms with E-state index < -0.39 is 0 Å². The van der Waals surface area contributed by atoms with Crippen molar-refractivity contribution in [3.05, 3.63) is 77.7 Å². The number of anilines is 4. The zero-order chi connectivity index (χ0) is 20.2. The first-order valence-corrected chi connectivity index (χ1v) is 9.31. The quantitative estimate of drug-likeness (QED) is 0.462. The van der Waals surface area contributed by atoms with Crippen LogP contribution in [-0.4, -0.2) is 26.9 Å². The maximum Gasteiger partial charge on any atom is 0.229 e. The van der Waals surface area contributed by atoms with Gasteiger partial charge in [0.2, 0.25) is 5.95 Å². The highest BCUT2D eigenvalue weighted by molar-refractivity contribution is 6.32. The number of hydrogen-bond acceptors (Lipinski definition) is 6. The van der Waals surface area contributed by atoms with Crippen molar-refractivity contribution in [2.75, 3.05) is 17.7 Å². The lowest BCUT2D eigenvalue weighted by atomic mass is 10.2. The van der Waals surface area contributed by atoms with Crippen LogP contribution in [-0.2, 0) is 0 Å². The Hall–Kier alpha value is -3.58. The molecule has 2 aromatic heterocycles. The smallest absolute Gasteiger partial charge is 0.229 e. The fraction of sp³-hybridized carbons (Fsp3) is 0.0952. The van der Waals surface area contributed by atoms with Crippen LogP contribution in [0.5, 0.6) is 5.75 Å². The van der Waals surface area contributed by atoms with Crippen LogP contribution in [0.25, 0.3) is 5.69 Å². The van der Waals surface area contributed by atoms with Gasteiger partial charge in [0, 0.05) is 41.6 Å². The Morgan fingerprint density at radius 3 is 2.55 bits per heavy atom. The van der Waals surface area contributed by atoms with Gasteiger partial charge in [-0.3, -0.25) is 0 Å². The predicted molar refractivity (Wildman–Crippen MR) is 115 cm³/mol. The van der Waals surface area contributed by atoms with Crippen molar-refractivity contribution in [3.63, 3.8) is 0 Å². The second-order valence-electron chi connectivity index (χ2n) is 6.32. The lowest BCUT2D eigenvalue weighted by molar-refractivity contribution is 0.415. The first-order chi connectivity index (χ1) is 14.1. The fourth-order valence-electron chi connectivity index (χ4n) is 2.75. The van der Waals surface area contributed by atoms with E-state index in [9.17, 15) is 0 Å². The molecule has 2 heterocycles. The lowest BCUT2D eigenvalue weighted by Gasteiger charge is -2.12. The summed E-state index contributed by atoms with van der Waals surface area (Å²) in [4.78, 5) is 8.96. The number of hydrogen-bond donors (Lipinski definition) is 2. The minimum absolute atomic E-state index is 0.492. The molecule has 2 N–H and O–H groups in total. The highest BCUT2D eigenvalue weighted by Gasteiger charge is 2.08. The minimum atomic E-state index is 0.492. The second kappa shape index (κ2) is 8.20. The van der Waals surface area contributed by atoms with E-state index >= 15 is 0 Å². The Kier molecular flexibility index (Phi) is 5.31. The number of nitrogens with one attached hydrogen (secondary N) is 2. The van der Waals surface area contributed by atoms with Crippen molar-refractivity contribution in [3.8, 4) is 11.4 Å². The SMILES string of the molecule is COc1cc(Nc2nc(Nc3ccc(-n4cccn4)cc3)ncc2C)ccc1Cl. The van der Waals surface area contributed by atoms with Crippen LogP contribution in [0.1, 0.15) is 5.56 Å². The van der Waals surface area contributed by atoms with Gasteiger partial charge in [-0.2, -0.15) is 10.1 Å². The molecule has 0 saturated carbocycles. The van der Waals surface area contributed by atoms with Crippen molar-refractivity contribution >= 4 is 34.7 Å². The van der Waals surface area contributed by atoms with E-state index in [-0.39, 0.29) is 0 Å². The molecule has 0 saturated heterocycles. The number of benzene rings is 2. The molecule has 0 spiro atoms. The zero-order valence-electron chi connectivity index (χ0n) is 15.9. The molecule has 8 heteroatoms. The summed E-state index contributed by atoms with van der Waals surface area (Å²) < 4.78 is 7.07. The maximum atomic E-state index is 6.10. The highest BCUT2D eigenvalue weighted by atomic mass is 35.5. The summed E-state index contributed by atoms with van der Waals surface area (Å²) in [7, 11) is 1.58. The molecule has 0 bridgehead atoms. The number of nitrogens with zero attached hydrogens (tertiary/aromatic N) is 4. The number of ether oxygens (including phenoxy) is 1. The second-order valence-corrected chi connectivity index (χ2v) is 6.73. The molecule has 0 fully saturated rings. The lowest BCUT2D eigenvalue weighted by Crippen LogP contribution is -2.03. The van der Waals surface area contributed by atoms with Crippen LogP contribution in [0.2, 0.25) is 5.02 Å². The Morgan fingerprint density at radius 1 is 1.03 bits per heavy atom. The van der Waals surface area contributed by atoms with Gasteiger partial charge in [-0.1, -0.05) is 11.6 Å². The van der Waals surface area contributed by atoms with E-state index in [0.29, 0.717) is 22.5 Å². The first kappa shape index (κ1) is 18.8. The molecule has 146 valence electrons. The van der Waals surface area contributed by atoms with Gasteiger partial charge in [-0.25, -0.2) is 9.67 Å². The topological polar surface area (TPSA) is 76.9 Å². The normalized spacial score (nSPS) is 10.6. The van der Waals surface area contributed by atoms with E-state index in [0.717, 1.165) is 22.6 Å². The highest BCUT2D eigenvalue weighted by Crippen LogP contribution is 2.29. The fourth-order valence-corrected chi connectivity index (χ4v) is 2.95. The van der Waals surface area contributed by atoms with E-state index in [1.807, 2.05) is 55.6 Å². The van der Waals surface area contributed by atoms with Gasteiger partial charge in [0.05, 0.1) is 17.8 Å². The third-order valence-corrected chi connectivity index (χ3v) is 4.59. The van der Waals surface area contributed by atoms with Crippen molar-refractivity contribution in [1.29, 1.82) is 0 Å². The van der Waals surface area contributed by atoms with Crippen LogP contribution < -0.4 is 15.4 Å².